The van der Waals surface area contributed by atoms with Gasteiger partial charge in [-0.3, -0.25) is 0 Å². The molecular formula is C14H16N2. The molecule has 0 aliphatic heterocycles. The van der Waals surface area contributed by atoms with Gasteiger partial charge in [0.1, 0.15) is 5.82 Å². The van der Waals surface area contributed by atoms with Crippen molar-refractivity contribution in [1.29, 1.82) is 0 Å². The average molecular weight is 212 g/mol. The summed E-state index contributed by atoms with van der Waals surface area (Å²) in [4.78, 5) is 4.64. The molecule has 0 spiro atoms. The number of para-hydroxylation sites is 2. The van der Waals surface area contributed by atoms with E-state index in [9.17, 15) is 0 Å². The standard InChI is InChI=1S/C14H16N2/c1-3-5-10-14-15-12-8-6-7-9-13(12)16(14)11-4-2/h2,6-9H,3,5,10-11H2,1H3. The number of hydrogen-bond acceptors (Lipinski definition) is 1. The number of rotatable bonds is 4. The van der Waals surface area contributed by atoms with Gasteiger partial charge in [0.05, 0.1) is 17.6 Å². The summed E-state index contributed by atoms with van der Waals surface area (Å²) in [5, 5.41) is 0. The highest BCUT2D eigenvalue weighted by Crippen LogP contribution is 2.17. The molecule has 1 aromatic carbocycles. The molecule has 0 N–H and O–H groups in total. The average Bonchev–Trinajstić information content (AvgIpc) is 2.66. The molecule has 0 atom stereocenters. The summed E-state index contributed by atoms with van der Waals surface area (Å²) in [6.45, 7) is 2.80. The van der Waals surface area contributed by atoms with Gasteiger partial charge in [-0.05, 0) is 18.6 Å². The van der Waals surface area contributed by atoms with E-state index < -0.39 is 0 Å². The predicted molar refractivity (Wildman–Crippen MR) is 67.2 cm³/mol. The van der Waals surface area contributed by atoms with Gasteiger partial charge in [-0.25, -0.2) is 4.98 Å². The molecule has 0 fully saturated rings. The van der Waals surface area contributed by atoms with Crippen LogP contribution in [-0.4, -0.2) is 9.55 Å². The highest BCUT2D eigenvalue weighted by molar-refractivity contribution is 5.76. The Kier molecular flexibility index (Phi) is 3.26. The summed E-state index contributed by atoms with van der Waals surface area (Å²) >= 11 is 0. The van der Waals surface area contributed by atoms with Gasteiger partial charge in [-0.15, -0.1) is 6.42 Å². The number of aromatic nitrogens is 2. The maximum Gasteiger partial charge on any atom is 0.110 e. The topological polar surface area (TPSA) is 17.8 Å². The van der Waals surface area contributed by atoms with Crippen LogP contribution in [0.15, 0.2) is 24.3 Å². The second-order valence-corrected chi connectivity index (χ2v) is 3.91. The summed E-state index contributed by atoms with van der Waals surface area (Å²) in [5.41, 5.74) is 2.19. The van der Waals surface area contributed by atoms with E-state index >= 15 is 0 Å². The number of unbranched alkanes of at least 4 members (excludes halogenated alkanes) is 1. The third-order valence-electron chi connectivity index (χ3n) is 2.74. The third-order valence-corrected chi connectivity index (χ3v) is 2.74. The van der Waals surface area contributed by atoms with E-state index in [4.69, 9.17) is 6.42 Å². The van der Waals surface area contributed by atoms with Crippen LogP contribution in [0.5, 0.6) is 0 Å². The lowest BCUT2D eigenvalue weighted by Crippen LogP contribution is -2.02. The van der Waals surface area contributed by atoms with E-state index in [1.54, 1.807) is 0 Å². The second kappa shape index (κ2) is 4.85. The molecule has 2 rings (SSSR count). The summed E-state index contributed by atoms with van der Waals surface area (Å²) in [6.07, 6.45) is 8.76. The van der Waals surface area contributed by atoms with E-state index in [0.29, 0.717) is 6.54 Å². The molecule has 0 radical (unpaired) electrons. The molecule has 2 nitrogen and oxygen atoms in total. The highest BCUT2D eigenvalue weighted by Gasteiger charge is 2.08. The molecule has 0 amide bonds. The van der Waals surface area contributed by atoms with Crippen molar-refractivity contribution in [3.63, 3.8) is 0 Å². The van der Waals surface area contributed by atoms with Gasteiger partial charge in [0.2, 0.25) is 0 Å². The molecule has 82 valence electrons. The van der Waals surface area contributed by atoms with Crippen molar-refractivity contribution in [3.8, 4) is 12.3 Å². The third kappa shape index (κ3) is 1.94. The number of aryl methyl sites for hydroxylation is 1. The van der Waals surface area contributed by atoms with Gasteiger partial charge >= 0.3 is 0 Å². The first-order valence-electron chi connectivity index (χ1n) is 5.74. The Hall–Kier alpha value is -1.75. The first-order chi connectivity index (χ1) is 7.86. The van der Waals surface area contributed by atoms with Crippen molar-refractivity contribution in [1.82, 2.24) is 9.55 Å². The molecule has 2 aromatic rings. The van der Waals surface area contributed by atoms with Gasteiger partial charge < -0.3 is 4.57 Å². The van der Waals surface area contributed by atoms with Crippen LogP contribution in [-0.2, 0) is 13.0 Å². The van der Waals surface area contributed by atoms with Crippen LogP contribution >= 0.6 is 0 Å². The highest BCUT2D eigenvalue weighted by atomic mass is 15.1. The maximum atomic E-state index is 5.41. The van der Waals surface area contributed by atoms with Gasteiger partial charge in [0.15, 0.2) is 0 Å². The largest absolute Gasteiger partial charge is 0.316 e. The smallest absolute Gasteiger partial charge is 0.110 e. The maximum absolute atomic E-state index is 5.41. The van der Waals surface area contributed by atoms with E-state index in [1.807, 2.05) is 18.2 Å². The van der Waals surface area contributed by atoms with Crippen LogP contribution in [0.4, 0.5) is 0 Å². The number of nitrogens with zero attached hydrogens (tertiary/aromatic N) is 2. The predicted octanol–water partition coefficient (Wildman–Crippen LogP) is 3.01. The fourth-order valence-electron chi connectivity index (χ4n) is 1.92. The van der Waals surface area contributed by atoms with E-state index in [0.717, 1.165) is 29.7 Å². The SMILES string of the molecule is C#CCn1c(CCCC)nc2ccccc21. The number of benzene rings is 1. The molecule has 0 aliphatic carbocycles. The second-order valence-electron chi connectivity index (χ2n) is 3.91. The van der Waals surface area contributed by atoms with Crippen LogP contribution in [0.3, 0.4) is 0 Å². The molecule has 0 saturated carbocycles. The lowest BCUT2D eigenvalue weighted by molar-refractivity contribution is 0.703. The summed E-state index contributed by atoms with van der Waals surface area (Å²) < 4.78 is 2.14. The van der Waals surface area contributed by atoms with Crippen molar-refractivity contribution in [2.45, 2.75) is 32.7 Å². The molecule has 0 unspecified atom stereocenters. The van der Waals surface area contributed by atoms with Crippen molar-refractivity contribution < 1.29 is 0 Å². The summed E-state index contributed by atoms with van der Waals surface area (Å²) in [7, 11) is 0. The van der Waals surface area contributed by atoms with Gasteiger partial charge in [0.25, 0.3) is 0 Å². The minimum Gasteiger partial charge on any atom is -0.316 e. The molecule has 16 heavy (non-hydrogen) atoms. The molecule has 1 aromatic heterocycles. The van der Waals surface area contributed by atoms with Crippen LogP contribution < -0.4 is 0 Å². The van der Waals surface area contributed by atoms with Crippen LogP contribution in [0.2, 0.25) is 0 Å². The number of terminal acetylenes is 1. The fourth-order valence-corrected chi connectivity index (χ4v) is 1.92. The van der Waals surface area contributed by atoms with Gasteiger partial charge in [0, 0.05) is 6.42 Å². The van der Waals surface area contributed by atoms with Crippen LogP contribution in [0.25, 0.3) is 11.0 Å². The fraction of sp³-hybridized carbons (Fsp3) is 0.357. The lowest BCUT2D eigenvalue weighted by Gasteiger charge is -2.04. The monoisotopic (exact) mass is 212 g/mol. The molecule has 2 heteroatoms. The first-order valence-corrected chi connectivity index (χ1v) is 5.74. The minimum absolute atomic E-state index is 0.611. The summed E-state index contributed by atoms with van der Waals surface area (Å²) in [5.74, 6) is 3.81. The summed E-state index contributed by atoms with van der Waals surface area (Å²) in [6, 6.07) is 8.16. The minimum atomic E-state index is 0.611. The Balaban J connectivity index is 2.46. The first kappa shape index (κ1) is 10.8. The van der Waals surface area contributed by atoms with Gasteiger partial charge in [-0.2, -0.15) is 0 Å². The van der Waals surface area contributed by atoms with Crippen molar-refractivity contribution in [2.75, 3.05) is 0 Å². The van der Waals surface area contributed by atoms with Crippen molar-refractivity contribution in [3.05, 3.63) is 30.1 Å². The van der Waals surface area contributed by atoms with E-state index in [2.05, 4.69) is 28.5 Å². The molecule has 1 heterocycles. The quantitative estimate of drug-likeness (QED) is 0.712. The zero-order valence-corrected chi connectivity index (χ0v) is 9.61. The van der Waals surface area contributed by atoms with Crippen LogP contribution in [0.1, 0.15) is 25.6 Å². The Bertz CT molecular complexity index is 517. The number of fused-ring (bicyclic) bond motifs is 1. The number of imidazole rings is 1. The van der Waals surface area contributed by atoms with Gasteiger partial charge in [-0.1, -0.05) is 31.4 Å². The molecule has 0 saturated heterocycles. The van der Waals surface area contributed by atoms with Crippen molar-refractivity contribution in [2.24, 2.45) is 0 Å². The van der Waals surface area contributed by atoms with E-state index in [1.165, 1.54) is 6.42 Å². The zero-order chi connectivity index (χ0) is 11.4. The lowest BCUT2D eigenvalue weighted by atomic mass is 10.2. The molecule has 0 aliphatic rings. The molecular weight excluding hydrogens is 196 g/mol. The Morgan fingerprint density at radius 1 is 1.38 bits per heavy atom. The molecule has 0 bridgehead atoms. The van der Waals surface area contributed by atoms with Crippen LogP contribution in [0, 0.1) is 12.3 Å². The Morgan fingerprint density at radius 2 is 2.19 bits per heavy atom. The Labute approximate surface area is 96.3 Å². The Morgan fingerprint density at radius 3 is 2.94 bits per heavy atom. The zero-order valence-electron chi connectivity index (χ0n) is 9.61. The van der Waals surface area contributed by atoms with E-state index in [-0.39, 0.29) is 0 Å². The normalized spacial score (nSPS) is 10.5. The van der Waals surface area contributed by atoms with Crippen molar-refractivity contribution >= 4 is 11.0 Å². The number of hydrogen-bond donors (Lipinski definition) is 0.